The molecule has 0 aliphatic carbocycles. The van der Waals surface area contributed by atoms with Crippen molar-refractivity contribution in [1.82, 2.24) is 5.32 Å². The predicted octanol–water partition coefficient (Wildman–Crippen LogP) is 1.28. The van der Waals surface area contributed by atoms with Crippen LogP contribution in [0.3, 0.4) is 0 Å². The van der Waals surface area contributed by atoms with E-state index >= 15 is 0 Å². The molecule has 1 aliphatic heterocycles. The molecule has 2 rings (SSSR count). The summed E-state index contributed by atoms with van der Waals surface area (Å²) in [5, 5.41) is 21.6. The third-order valence-corrected chi connectivity index (χ3v) is 3.68. The molecule has 0 spiro atoms. The number of nitrogens with one attached hydrogen (secondary N) is 1. The highest BCUT2D eigenvalue weighted by Gasteiger charge is 2.17. The van der Waals surface area contributed by atoms with E-state index in [2.05, 4.69) is 11.4 Å². The molecular formula is C16H25NO4. The summed E-state index contributed by atoms with van der Waals surface area (Å²) in [5.74, 6) is 1.82. The number of piperidine rings is 1. The van der Waals surface area contributed by atoms with Crippen molar-refractivity contribution in [2.45, 2.75) is 31.8 Å². The fraction of sp³-hybridized carbons (Fsp3) is 0.625. The molecule has 3 N–H and O–H groups in total. The lowest BCUT2D eigenvalue weighted by Gasteiger charge is -2.24. The molecule has 0 amide bonds. The van der Waals surface area contributed by atoms with Crippen LogP contribution in [0.1, 0.15) is 31.2 Å². The van der Waals surface area contributed by atoms with Gasteiger partial charge in [0.15, 0.2) is 11.5 Å². The number of aliphatic hydroxyl groups excluding tert-OH is 2. The van der Waals surface area contributed by atoms with Gasteiger partial charge in [0.05, 0.1) is 13.2 Å². The minimum Gasteiger partial charge on any atom is -0.490 e. The van der Waals surface area contributed by atoms with Crippen molar-refractivity contribution in [2.75, 3.05) is 32.9 Å². The van der Waals surface area contributed by atoms with Crippen LogP contribution in [-0.4, -0.2) is 49.2 Å². The van der Waals surface area contributed by atoms with Gasteiger partial charge in [0.1, 0.15) is 12.7 Å². The topological polar surface area (TPSA) is 71.0 Å². The second-order valence-corrected chi connectivity index (χ2v) is 5.33. The number of aliphatic hydroxyl groups is 2. The zero-order valence-electron chi connectivity index (χ0n) is 12.5. The van der Waals surface area contributed by atoms with E-state index in [1.54, 1.807) is 0 Å². The van der Waals surface area contributed by atoms with Gasteiger partial charge in [0.25, 0.3) is 0 Å². The standard InChI is InChI=1S/C16H25NO4/c1-2-20-16-8-12(13-4-3-7-17-9-13)5-6-15(16)21-11-14(19)10-18/h5-6,8,13-14,17-19H,2-4,7,9-11H2,1H3. The summed E-state index contributed by atoms with van der Waals surface area (Å²) < 4.78 is 11.2. The highest BCUT2D eigenvalue weighted by Crippen LogP contribution is 2.33. The van der Waals surface area contributed by atoms with Gasteiger partial charge in [-0.3, -0.25) is 0 Å². The van der Waals surface area contributed by atoms with E-state index in [0.717, 1.165) is 13.1 Å². The van der Waals surface area contributed by atoms with Crippen LogP contribution in [0.25, 0.3) is 0 Å². The molecular weight excluding hydrogens is 270 g/mol. The second kappa shape index (κ2) is 8.22. The summed E-state index contributed by atoms with van der Waals surface area (Å²) >= 11 is 0. The molecule has 2 unspecified atom stereocenters. The van der Waals surface area contributed by atoms with Gasteiger partial charge in [0.2, 0.25) is 0 Å². The van der Waals surface area contributed by atoms with E-state index in [0.29, 0.717) is 24.0 Å². The van der Waals surface area contributed by atoms with Crippen LogP contribution in [0.5, 0.6) is 11.5 Å². The molecule has 1 aromatic carbocycles. The number of hydrogen-bond donors (Lipinski definition) is 3. The number of hydrogen-bond acceptors (Lipinski definition) is 5. The minimum atomic E-state index is -0.873. The van der Waals surface area contributed by atoms with Crippen LogP contribution in [0.4, 0.5) is 0 Å². The van der Waals surface area contributed by atoms with E-state index in [1.165, 1.54) is 18.4 Å². The summed E-state index contributed by atoms with van der Waals surface area (Å²) in [7, 11) is 0. The number of rotatable bonds is 7. The third-order valence-electron chi connectivity index (χ3n) is 3.68. The van der Waals surface area contributed by atoms with Gasteiger partial charge in [-0.1, -0.05) is 6.07 Å². The quantitative estimate of drug-likeness (QED) is 0.707. The molecule has 118 valence electrons. The molecule has 1 aliphatic rings. The van der Waals surface area contributed by atoms with Crippen molar-refractivity contribution < 1.29 is 19.7 Å². The van der Waals surface area contributed by atoms with Crippen molar-refractivity contribution in [3.63, 3.8) is 0 Å². The largest absolute Gasteiger partial charge is 0.490 e. The van der Waals surface area contributed by atoms with Gasteiger partial charge in [-0.15, -0.1) is 0 Å². The van der Waals surface area contributed by atoms with E-state index in [-0.39, 0.29) is 13.2 Å². The van der Waals surface area contributed by atoms with Gasteiger partial charge >= 0.3 is 0 Å². The molecule has 5 nitrogen and oxygen atoms in total. The average Bonchev–Trinajstić information content (AvgIpc) is 2.54. The Hall–Kier alpha value is -1.30. The maximum absolute atomic E-state index is 9.37. The summed E-state index contributed by atoms with van der Waals surface area (Å²) in [4.78, 5) is 0. The van der Waals surface area contributed by atoms with Crippen molar-refractivity contribution >= 4 is 0 Å². The van der Waals surface area contributed by atoms with Crippen molar-refractivity contribution in [3.8, 4) is 11.5 Å². The molecule has 1 aromatic rings. The summed E-state index contributed by atoms with van der Waals surface area (Å²) in [6.07, 6.45) is 1.50. The maximum Gasteiger partial charge on any atom is 0.161 e. The Balaban J connectivity index is 2.09. The number of ether oxygens (including phenoxy) is 2. The fourth-order valence-electron chi connectivity index (χ4n) is 2.54. The zero-order valence-corrected chi connectivity index (χ0v) is 12.5. The van der Waals surface area contributed by atoms with E-state index < -0.39 is 6.10 Å². The lowest BCUT2D eigenvalue weighted by molar-refractivity contribution is 0.0525. The molecule has 21 heavy (non-hydrogen) atoms. The van der Waals surface area contributed by atoms with Gasteiger partial charge in [0, 0.05) is 6.54 Å². The fourth-order valence-corrected chi connectivity index (χ4v) is 2.54. The van der Waals surface area contributed by atoms with Crippen molar-refractivity contribution in [3.05, 3.63) is 23.8 Å². The first-order valence-corrected chi connectivity index (χ1v) is 7.63. The molecule has 0 radical (unpaired) electrons. The summed E-state index contributed by atoms with van der Waals surface area (Å²) in [6.45, 7) is 4.33. The van der Waals surface area contributed by atoms with Gasteiger partial charge in [-0.25, -0.2) is 0 Å². The van der Waals surface area contributed by atoms with E-state index in [1.807, 2.05) is 19.1 Å². The predicted molar refractivity (Wildman–Crippen MR) is 81.0 cm³/mol. The third kappa shape index (κ3) is 4.59. The van der Waals surface area contributed by atoms with Crippen LogP contribution in [0.15, 0.2) is 18.2 Å². The average molecular weight is 295 g/mol. The normalized spacial score (nSPS) is 20.0. The molecule has 2 atom stereocenters. The highest BCUT2D eigenvalue weighted by atomic mass is 16.5. The highest BCUT2D eigenvalue weighted by molar-refractivity contribution is 5.44. The molecule has 0 bridgehead atoms. The Morgan fingerprint density at radius 3 is 2.86 bits per heavy atom. The first kappa shape index (κ1) is 16.1. The van der Waals surface area contributed by atoms with Crippen molar-refractivity contribution in [1.29, 1.82) is 0 Å². The molecule has 1 saturated heterocycles. The Bertz CT molecular complexity index is 432. The van der Waals surface area contributed by atoms with Crippen LogP contribution in [0, 0.1) is 0 Å². The molecule has 1 fully saturated rings. The van der Waals surface area contributed by atoms with Crippen LogP contribution in [-0.2, 0) is 0 Å². The Morgan fingerprint density at radius 1 is 1.33 bits per heavy atom. The Kier molecular flexibility index (Phi) is 6.29. The smallest absolute Gasteiger partial charge is 0.161 e. The second-order valence-electron chi connectivity index (χ2n) is 5.33. The summed E-state index contributed by atoms with van der Waals surface area (Å²) in [5.41, 5.74) is 1.25. The van der Waals surface area contributed by atoms with E-state index in [4.69, 9.17) is 14.6 Å². The Labute approximate surface area is 125 Å². The molecule has 1 heterocycles. The molecule has 0 saturated carbocycles. The van der Waals surface area contributed by atoms with Crippen LogP contribution >= 0.6 is 0 Å². The van der Waals surface area contributed by atoms with E-state index in [9.17, 15) is 5.11 Å². The first-order valence-electron chi connectivity index (χ1n) is 7.63. The lowest BCUT2D eigenvalue weighted by atomic mass is 9.91. The molecule has 0 aromatic heterocycles. The van der Waals surface area contributed by atoms with Gasteiger partial charge in [-0.2, -0.15) is 0 Å². The monoisotopic (exact) mass is 295 g/mol. The van der Waals surface area contributed by atoms with Crippen LogP contribution in [0.2, 0.25) is 0 Å². The summed E-state index contributed by atoms with van der Waals surface area (Å²) in [6, 6.07) is 5.97. The minimum absolute atomic E-state index is 0.0565. The number of benzene rings is 1. The zero-order chi connectivity index (χ0) is 15.1. The van der Waals surface area contributed by atoms with Crippen LogP contribution < -0.4 is 14.8 Å². The molecule has 5 heteroatoms. The van der Waals surface area contributed by atoms with Gasteiger partial charge in [-0.05, 0) is 49.9 Å². The first-order chi connectivity index (χ1) is 10.2. The Morgan fingerprint density at radius 2 is 2.19 bits per heavy atom. The maximum atomic E-state index is 9.37. The van der Waals surface area contributed by atoms with Crippen molar-refractivity contribution in [2.24, 2.45) is 0 Å². The van der Waals surface area contributed by atoms with Gasteiger partial charge < -0.3 is 25.0 Å². The lowest BCUT2D eigenvalue weighted by Crippen LogP contribution is -2.28. The SMILES string of the molecule is CCOc1cc(C2CCCNC2)ccc1OCC(O)CO.